The molecule has 9 heteroatoms. The van der Waals surface area contributed by atoms with Crippen molar-refractivity contribution in [2.24, 2.45) is 4.99 Å². The minimum absolute atomic E-state index is 0.161. The van der Waals surface area contributed by atoms with E-state index in [1.54, 1.807) is 13.1 Å². The highest BCUT2D eigenvalue weighted by Gasteiger charge is 2.33. The smallest absolute Gasteiger partial charge is 0.381 e. The number of piperazine rings is 1. The fourth-order valence-corrected chi connectivity index (χ4v) is 4.62. The molecular formula is C20H29F3N4OS. The van der Waals surface area contributed by atoms with Crippen molar-refractivity contribution in [2.75, 3.05) is 64.1 Å². The molecule has 0 aliphatic carbocycles. The van der Waals surface area contributed by atoms with Gasteiger partial charge in [-0.3, -0.25) is 4.99 Å². The van der Waals surface area contributed by atoms with Gasteiger partial charge in [0.1, 0.15) is 0 Å². The van der Waals surface area contributed by atoms with Crippen molar-refractivity contribution < 1.29 is 17.9 Å². The van der Waals surface area contributed by atoms with Gasteiger partial charge in [0.05, 0.1) is 5.56 Å². The molecule has 5 nitrogen and oxygen atoms in total. The third-order valence-electron chi connectivity index (χ3n) is 5.74. The molecule has 3 rings (SSSR count). The summed E-state index contributed by atoms with van der Waals surface area (Å²) >= 11 is 1.88. The number of benzene rings is 1. The normalized spacial score (nSPS) is 20.7. The second kappa shape index (κ2) is 9.47. The van der Waals surface area contributed by atoms with Crippen molar-refractivity contribution in [3.05, 3.63) is 29.8 Å². The molecule has 2 fully saturated rings. The summed E-state index contributed by atoms with van der Waals surface area (Å²) in [7, 11) is 1.78. The number of thioether (sulfide) groups is 1. The molecule has 0 saturated carbocycles. The summed E-state index contributed by atoms with van der Waals surface area (Å²) in [4.78, 5) is 8.61. The lowest BCUT2D eigenvalue weighted by molar-refractivity contribution is -0.137. The van der Waals surface area contributed by atoms with Crippen LogP contribution in [0.5, 0.6) is 0 Å². The predicted octanol–water partition coefficient (Wildman–Crippen LogP) is 3.32. The molecule has 162 valence electrons. The van der Waals surface area contributed by atoms with Crippen LogP contribution in [0, 0.1) is 0 Å². The third-order valence-corrected chi connectivity index (χ3v) is 7.15. The van der Waals surface area contributed by atoms with E-state index in [1.807, 2.05) is 16.7 Å². The molecule has 0 spiro atoms. The van der Waals surface area contributed by atoms with E-state index in [0.29, 0.717) is 31.9 Å². The summed E-state index contributed by atoms with van der Waals surface area (Å²) < 4.78 is 44.6. The highest BCUT2D eigenvalue weighted by Crippen LogP contribution is 2.33. The second-order valence-corrected chi connectivity index (χ2v) is 8.70. The van der Waals surface area contributed by atoms with E-state index in [-0.39, 0.29) is 4.75 Å². The van der Waals surface area contributed by atoms with Crippen LogP contribution in [0.2, 0.25) is 0 Å². The van der Waals surface area contributed by atoms with Crippen molar-refractivity contribution >= 4 is 23.4 Å². The zero-order valence-corrected chi connectivity index (χ0v) is 17.8. The number of nitrogens with zero attached hydrogens (tertiary/aromatic N) is 3. The SMILES string of the molecule is CN=C(NCC1(SC)CCOCC1)N1CCN(c2cccc(C(F)(F)F)c2)CC1. The molecular weight excluding hydrogens is 401 g/mol. The Labute approximate surface area is 174 Å². The Morgan fingerprint density at radius 3 is 2.48 bits per heavy atom. The van der Waals surface area contributed by atoms with Gasteiger partial charge in [0.2, 0.25) is 0 Å². The van der Waals surface area contributed by atoms with E-state index in [0.717, 1.165) is 44.6 Å². The van der Waals surface area contributed by atoms with Gasteiger partial charge < -0.3 is 19.9 Å². The van der Waals surface area contributed by atoms with E-state index in [1.165, 1.54) is 12.1 Å². The number of hydrogen-bond donors (Lipinski definition) is 1. The van der Waals surface area contributed by atoms with Crippen LogP contribution in [0.25, 0.3) is 0 Å². The lowest BCUT2D eigenvalue weighted by Crippen LogP contribution is -2.55. The average Bonchev–Trinajstić information content (AvgIpc) is 2.75. The number of nitrogens with one attached hydrogen (secondary N) is 1. The number of alkyl halides is 3. The van der Waals surface area contributed by atoms with Gasteiger partial charge in [0.15, 0.2) is 5.96 Å². The Balaban J connectivity index is 1.56. The molecule has 1 N–H and O–H groups in total. The summed E-state index contributed by atoms with van der Waals surface area (Å²) in [6.45, 7) is 5.15. The van der Waals surface area contributed by atoms with Crippen LogP contribution in [0.15, 0.2) is 29.3 Å². The van der Waals surface area contributed by atoms with Gasteiger partial charge >= 0.3 is 6.18 Å². The summed E-state index contributed by atoms with van der Waals surface area (Å²) in [5.41, 5.74) is 0.0136. The van der Waals surface area contributed by atoms with Crippen LogP contribution in [0.1, 0.15) is 18.4 Å². The molecule has 0 atom stereocenters. The van der Waals surface area contributed by atoms with Gasteiger partial charge in [0.25, 0.3) is 0 Å². The third kappa shape index (κ3) is 5.51. The number of hydrogen-bond acceptors (Lipinski definition) is 4. The van der Waals surface area contributed by atoms with Crippen LogP contribution in [0.4, 0.5) is 18.9 Å². The number of anilines is 1. The monoisotopic (exact) mass is 430 g/mol. The van der Waals surface area contributed by atoms with E-state index in [4.69, 9.17) is 4.74 Å². The fraction of sp³-hybridized carbons (Fsp3) is 0.650. The zero-order chi connectivity index (χ0) is 20.9. The molecule has 0 aromatic heterocycles. The highest BCUT2D eigenvalue weighted by atomic mass is 32.2. The maximum absolute atomic E-state index is 13.0. The largest absolute Gasteiger partial charge is 0.416 e. The van der Waals surface area contributed by atoms with Gasteiger partial charge in [-0.2, -0.15) is 24.9 Å². The van der Waals surface area contributed by atoms with Crippen LogP contribution in [0.3, 0.4) is 0 Å². The van der Waals surface area contributed by atoms with Crippen molar-refractivity contribution in [2.45, 2.75) is 23.8 Å². The Kier molecular flexibility index (Phi) is 7.21. The molecule has 2 saturated heterocycles. The molecule has 2 aliphatic heterocycles. The molecule has 0 unspecified atom stereocenters. The molecule has 0 radical (unpaired) electrons. The van der Waals surface area contributed by atoms with Crippen molar-refractivity contribution in [1.29, 1.82) is 0 Å². The number of ether oxygens (including phenoxy) is 1. The summed E-state index contributed by atoms with van der Waals surface area (Å²) in [6, 6.07) is 5.56. The van der Waals surface area contributed by atoms with Gasteiger partial charge in [-0.15, -0.1) is 0 Å². The first-order chi connectivity index (χ1) is 13.9. The Morgan fingerprint density at radius 2 is 1.90 bits per heavy atom. The number of halogens is 3. The van der Waals surface area contributed by atoms with Gasteiger partial charge in [-0.25, -0.2) is 0 Å². The molecule has 2 heterocycles. The summed E-state index contributed by atoms with van der Waals surface area (Å²) in [6.07, 6.45) is -0.145. The van der Waals surface area contributed by atoms with Crippen LogP contribution in [-0.2, 0) is 10.9 Å². The highest BCUT2D eigenvalue weighted by molar-refractivity contribution is 8.00. The summed E-state index contributed by atoms with van der Waals surface area (Å²) in [5.74, 6) is 0.855. The predicted molar refractivity (Wildman–Crippen MR) is 113 cm³/mol. The minimum atomic E-state index is -4.32. The van der Waals surface area contributed by atoms with Crippen LogP contribution >= 0.6 is 11.8 Å². The van der Waals surface area contributed by atoms with Gasteiger partial charge in [-0.05, 0) is 37.3 Å². The van der Waals surface area contributed by atoms with E-state index >= 15 is 0 Å². The van der Waals surface area contributed by atoms with Crippen LogP contribution in [-0.4, -0.2) is 74.8 Å². The summed E-state index contributed by atoms with van der Waals surface area (Å²) in [5, 5.41) is 3.52. The van der Waals surface area contributed by atoms with Crippen molar-refractivity contribution in [1.82, 2.24) is 10.2 Å². The molecule has 0 bridgehead atoms. The minimum Gasteiger partial charge on any atom is -0.381 e. The number of aliphatic imine (C=N–C) groups is 1. The molecule has 2 aliphatic rings. The van der Waals surface area contributed by atoms with Crippen molar-refractivity contribution in [3.63, 3.8) is 0 Å². The van der Waals surface area contributed by atoms with Gasteiger partial charge in [-0.1, -0.05) is 6.07 Å². The van der Waals surface area contributed by atoms with E-state index < -0.39 is 11.7 Å². The number of rotatable bonds is 4. The van der Waals surface area contributed by atoms with Gasteiger partial charge in [0, 0.05) is 63.4 Å². The van der Waals surface area contributed by atoms with E-state index in [2.05, 4.69) is 21.5 Å². The first-order valence-corrected chi connectivity index (χ1v) is 11.1. The quantitative estimate of drug-likeness (QED) is 0.586. The topological polar surface area (TPSA) is 40.1 Å². The first kappa shape index (κ1) is 22.1. The molecule has 1 aromatic rings. The van der Waals surface area contributed by atoms with Crippen LogP contribution < -0.4 is 10.2 Å². The maximum atomic E-state index is 13.0. The lowest BCUT2D eigenvalue weighted by atomic mass is 9.99. The molecule has 0 amide bonds. The Hall–Kier alpha value is -1.61. The lowest BCUT2D eigenvalue weighted by Gasteiger charge is -2.40. The Bertz CT molecular complexity index is 699. The fourth-order valence-electron chi connectivity index (χ4n) is 3.82. The van der Waals surface area contributed by atoms with E-state index in [9.17, 15) is 13.2 Å². The second-order valence-electron chi connectivity index (χ2n) is 7.42. The maximum Gasteiger partial charge on any atom is 0.416 e. The Morgan fingerprint density at radius 1 is 1.21 bits per heavy atom. The van der Waals surface area contributed by atoms with Crippen molar-refractivity contribution in [3.8, 4) is 0 Å². The first-order valence-electron chi connectivity index (χ1n) is 9.88. The number of guanidine groups is 1. The zero-order valence-electron chi connectivity index (χ0n) is 17.0. The molecule has 29 heavy (non-hydrogen) atoms. The standard InChI is InChI=1S/C20H29F3N4OS/c1-24-18(25-15-19(29-2)6-12-28-13-7-19)27-10-8-26(9-11-27)17-5-3-4-16(14-17)20(21,22)23/h3-5,14H,6-13,15H2,1-2H3,(H,24,25). The average molecular weight is 431 g/mol. The molecule has 1 aromatic carbocycles.